The van der Waals surface area contributed by atoms with E-state index in [-0.39, 0.29) is 25.7 Å². The topological polar surface area (TPSA) is 91.4 Å². The first-order valence-corrected chi connectivity index (χ1v) is 11.1. The molecule has 5 rings (SSSR count). The largest absolute Gasteiger partial charge is 0.454 e. The Morgan fingerprint density at radius 3 is 2.61 bits per heavy atom. The Morgan fingerprint density at radius 2 is 1.82 bits per heavy atom. The number of fused-ring (bicyclic) bond motifs is 1. The summed E-state index contributed by atoms with van der Waals surface area (Å²) in [5.74, 6) is 0.672. The van der Waals surface area contributed by atoms with Crippen molar-refractivity contribution in [3.8, 4) is 11.5 Å². The van der Waals surface area contributed by atoms with Crippen molar-refractivity contribution in [2.75, 3.05) is 37.9 Å². The summed E-state index contributed by atoms with van der Waals surface area (Å²) in [5, 5.41) is 3.32. The van der Waals surface area contributed by atoms with E-state index in [2.05, 4.69) is 10.2 Å². The average molecular weight is 471 g/mol. The molecule has 1 atom stereocenters. The lowest BCUT2D eigenvalue weighted by Gasteiger charge is -2.36. The number of piperazine rings is 1. The summed E-state index contributed by atoms with van der Waals surface area (Å²) in [5.41, 5.74) is 1.76. The molecule has 0 saturated carbocycles. The summed E-state index contributed by atoms with van der Waals surface area (Å²) >= 11 is 6.08. The minimum Gasteiger partial charge on any atom is -0.454 e. The Labute approximate surface area is 195 Å². The maximum Gasteiger partial charge on any atom is 0.325 e. The van der Waals surface area contributed by atoms with Crippen LogP contribution in [0.4, 0.5) is 10.5 Å². The molecule has 2 saturated heterocycles. The number of nitrogens with zero attached hydrogens (tertiary/aromatic N) is 3. The molecule has 0 radical (unpaired) electrons. The van der Waals surface area contributed by atoms with Gasteiger partial charge in [-0.3, -0.25) is 14.5 Å². The molecule has 2 aromatic carbocycles. The lowest BCUT2D eigenvalue weighted by atomic mass is 10.1. The summed E-state index contributed by atoms with van der Waals surface area (Å²) in [4.78, 5) is 43.1. The van der Waals surface area contributed by atoms with E-state index < -0.39 is 18.0 Å². The van der Waals surface area contributed by atoms with Gasteiger partial charge in [-0.05, 0) is 35.9 Å². The van der Waals surface area contributed by atoms with Crippen molar-refractivity contribution < 1.29 is 23.9 Å². The highest BCUT2D eigenvalue weighted by molar-refractivity contribution is 6.30. The van der Waals surface area contributed by atoms with E-state index in [9.17, 15) is 14.4 Å². The molecule has 10 heteroatoms. The summed E-state index contributed by atoms with van der Waals surface area (Å²) in [7, 11) is 0. The fourth-order valence-electron chi connectivity index (χ4n) is 4.28. The van der Waals surface area contributed by atoms with Crippen LogP contribution in [-0.2, 0) is 16.1 Å². The molecule has 1 N–H and O–H groups in total. The summed E-state index contributed by atoms with van der Waals surface area (Å²) < 4.78 is 10.6. The Kier molecular flexibility index (Phi) is 5.72. The number of halogens is 1. The Bertz CT molecular complexity index is 1100. The molecule has 172 valence electrons. The van der Waals surface area contributed by atoms with Gasteiger partial charge in [0, 0.05) is 36.9 Å². The third-order valence-corrected chi connectivity index (χ3v) is 6.30. The first-order chi connectivity index (χ1) is 16.0. The van der Waals surface area contributed by atoms with Crippen LogP contribution in [0.2, 0.25) is 5.02 Å². The number of ether oxygens (including phenoxy) is 2. The highest BCUT2D eigenvalue weighted by Crippen LogP contribution is 2.33. The standard InChI is InChI=1S/C23H23ClN4O5/c24-16-2-1-3-17(11-16)26-6-8-27(9-7-26)21(29)12-18-22(30)28(23(31)25-18)13-15-4-5-19-20(10-15)33-14-32-19/h1-5,10-11,18H,6-9,12-14H2,(H,25,31)/t18-/m1/s1. The van der Waals surface area contributed by atoms with Crippen molar-refractivity contribution in [1.82, 2.24) is 15.1 Å². The van der Waals surface area contributed by atoms with E-state index in [1.165, 1.54) is 0 Å². The number of carbonyl (C=O) groups is 3. The van der Waals surface area contributed by atoms with Crippen LogP contribution in [0.15, 0.2) is 42.5 Å². The zero-order chi connectivity index (χ0) is 22.9. The van der Waals surface area contributed by atoms with Crippen LogP contribution >= 0.6 is 11.6 Å². The van der Waals surface area contributed by atoms with E-state index in [4.69, 9.17) is 21.1 Å². The second-order valence-corrected chi connectivity index (χ2v) is 8.60. The van der Waals surface area contributed by atoms with Gasteiger partial charge in [-0.2, -0.15) is 0 Å². The minimum atomic E-state index is -0.857. The molecule has 0 aliphatic carbocycles. The molecule has 2 aromatic rings. The summed E-state index contributed by atoms with van der Waals surface area (Å²) in [6.45, 7) is 2.69. The second kappa shape index (κ2) is 8.82. The maximum absolute atomic E-state index is 12.8. The molecular formula is C23H23ClN4O5. The second-order valence-electron chi connectivity index (χ2n) is 8.17. The van der Waals surface area contributed by atoms with Gasteiger partial charge in [0.25, 0.3) is 5.91 Å². The first kappa shape index (κ1) is 21.4. The molecule has 0 spiro atoms. The average Bonchev–Trinajstić information content (AvgIpc) is 3.39. The molecule has 33 heavy (non-hydrogen) atoms. The fraction of sp³-hybridized carbons (Fsp3) is 0.348. The van der Waals surface area contributed by atoms with Gasteiger partial charge in [-0.1, -0.05) is 23.7 Å². The van der Waals surface area contributed by atoms with Gasteiger partial charge in [0.05, 0.1) is 13.0 Å². The Balaban J connectivity index is 1.16. The van der Waals surface area contributed by atoms with Crippen LogP contribution in [0, 0.1) is 0 Å². The summed E-state index contributed by atoms with van der Waals surface area (Å²) in [6, 6.07) is 11.6. The maximum atomic E-state index is 12.8. The lowest BCUT2D eigenvalue weighted by molar-refractivity contribution is -0.136. The van der Waals surface area contributed by atoms with Crippen LogP contribution in [0.1, 0.15) is 12.0 Å². The number of benzene rings is 2. The van der Waals surface area contributed by atoms with E-state index in [1.54, 1.807) is 23.1 Å². The molecule has 3 aliphatic rings. The van der Waals surface area contributed by atoms with Crippen LogP contribution in [0.5, 0.6) is 11.5 Å². The van der Waals surface area contributed by atoms with Gasteiger partial charge in [0.1, 0.15) is 6.04 Å². The zero-order valence-corrected chi connectivity index (χ0v) is 18.6. The van der Waals surface area contributed by atoms with Gasteiger partial charge in [-0.25, -0.2) is 4.79 Å². The third-order valence-electron chi connectivity index (χ3n) is 6.07. The van der Waals surface area contributed by atoms with Crippen molar-refractivity contribution >= 4 is 35.1 Å². The Morgan fingerprint density at radius 1 is 1.03 bits per heavy atom. The summed E-state index contributed by atoms with van der Waals surface area (Å²) in [6.07, 6.45) is -0.0562. The molecule has 3 heterocycles. The number of rotatable bonds is 5. The van der Waals surface area contributed by atoms with Crippen molar-refractivity contribution in [2.45, 2.75) is 19.0 Å². The van der Waals surface area contributed by atoms with Crippen LogP contribution in [-0.4, -0.2) is 66.7 Å². The molecule has 2 fully saturated rings. The number of nitrogens with one attached hydrogen (secondary N) is 1. The fourth-order valence-corrected chi connectivity index (χ4v) is 4.46. The number of anilines is 1. The van der Waals surface area contributed by atoms with Crippen LogP contribution in [0.3, 0.4) is 0 Å². The molecular weight excluding hydrogens is 448 g/mol. The lowest BCUT2D eigenvalue weighted by Crippen LogP contribution is -2.50. The molecule has 9 nitrogen and oxygen atoms in total. The normalized spacial score (nSPS) is 19.8. The quantitative estimate of drug-likeness (QED) is 0.674. The van der Waals surface area contributed by atoms with E-state index in [1.807, 2.05) is 24.3 Å². The van der Waals surface area contributed by atoms with Gasteiger partial charge in [0.15, 0.2) is 11.5 Å². The first-order valence-electron chi connectivity index (χ1n) is 10.8. The van der Waals surface area contributed by atoms with Crippen molar-refractivity contribution in [2.24, 2.45) is 0 Å². The molecule has 4 amide bonds. The van der Waals surface area contributed by atoms with Crippen molar-refractivity contribution in [3.63, 3.8) is 0 Å². The highest BCUT2D eigenvalue weighted by Gasteiger charge is 2.40. The Hall–Kier alpha value is -3.46. The predicted octanol–water partition coefficient (Wildman–Crippen LogP) is 2.23. The molecule has 0 aromatic heterocycles. The van der Waals surface area contributed by atoms with Gasteiger partial charge < -0.3 is 24.6 Å². The number of hydrogen-bond acceptors (Lipinski definition) is 6. The number of amides is 4. The number of imide groups is 1. The van der Waals surface area contributed by atoms with Gasteiger partial charge in [0.2, 0.25) is 12.7 Å². The SMILES string of the molecule is O=C(C[C@H]1NC(=O)N(Cc2ccc3c(c2)OCO3)C1=O)N1CCN(c2cccc(Cl)c2)CC1. The van der Waals surface area contributed by atoms with Crippen LogP contribution < -0.4 is 19.7 Å². The van der Waals surface area contributed by atoms with Crippen molar-refractivity contribution in [3.05, 3.63) is 53.1 Å². The van der Waals surface area contributed by atoms with Crippen LogP contribution in [0.25, 0.3) is 0 Å². The van der Waals surface area contributed by atoms with Gasteiger partial charge in [-0.15, -0.1) is 0 Å². The molecule has 3 aliphatic heterocycles. The number of hydrogen-bond donors (Lipinski definition) is 1. The number of carbonyl (C=O) groups excluding carboxylic acids is 3. The van der Waals surface area contributed by atoms with E-state index >= 15 is 0 Å². The molecule has 0 bridgehead atoms. The van der Waals surface area contributed by atoms with Crippen molar-refractivity contribution in [1.29, 1.82) is 0 Å². The monoisotopic (exact) mass is 470 g/mol. The third kappa shape index (κ3) is 4.41. The minimum absolute atomic E-state index is 0.0562. The highest BCUT2D eigenvalue weighted by atomic mass is 35.5. The van der Waals surface area contributed by atoms with Gasteiger partial charge >= 0.3 is 6.03 Å². The number of urea groups is 1. The van der Waals surface area contributed by atoms with E-state index in [0.29, 0.717) is 42.7 Å². The predicted molar refractivity (Wildman–Crippen MR) is 120 cm³/mol. The molecule has 0 unspecified atom stereocenters. The zero-order valence-electron chi connectivity index (χ0n) is 17.8. The van der Waals surface area contributed by atoms with E-state index in [0.717, 1.165) is 16.2 Å². The smallest absolute Gasteiger partial charge is 0.325 e.